The van der Waals surface area contributed by atoms with Gasteiger partial charge in [-0.1, -0.05) is 18.2 Å². The minimum Gasteiger partial charge on any atom is -0.496 e. The molecule has 0 aliphatic carbocycles. The Morgan fingerprint density at radius 2 is 2.00 bits per heavy atom. The van der Waals surface area contributed by atoms with Gasteiger partial charge in [-0.2, -0.15) is 0 Å². The molecular weight excluding hydrogens is 330 g/mol. The summed E-state index contributed by atoms with van der Waals surface area (Å²) in [6.45, 7) is 1.02. The van der Waals surface area contributed by atoms with E-state index in [1.807, 2.05) is 24.3 Å². The molecule has 2 heterocycles. The van der Waals surface area contributed by atoms with Gasteiger partial charge >= 0.3 is 0 Å². The summed E-state index contributed by atoms with van der Waals surface area (Å²) in [7, 11) is 3.10. The quantitative estimate of drug-likeness (QED) is 0.781. The lowest BCUT2D eigenvalue weighted by Crippen LogP contribution is -2.62. The van der Waals surface area contributed by atoms with Crippen molar-refractivity contribution in [1.82, 2.24) is 9.80 Å². The number of benzene rings is 1. The van der Waals surface area contributed by atoms with E-state index in [4.69, 9.17) is 9.47 Å². The second-order valence-corrected chi connectivity index (χ2v) is 6.78. The number of halogens is 2. The third-order valence-electron chi connectivity index (χ3n) is 4.99. The van der Waals surface area contributed by atoms with Gasteiger partial charge in [0.25, 0.3) is 5.92 Å². The molecule has 0 saturated carbocycles. The number of alkyl halides is 2. The molecule has 0 radical (unpaired) electrons. The number of rotatable bonds is 6. The summed E-state index contributed by atoms with van der Waals surface area (Å²) >= 11 is 0. The van der Waals surface area contributed by atoms with E-state index in [1.54, 1.807) is 16.9 Å². The lowest BCUT2D eigenvalue weighted by molar-refractivity contribution is -0.138. The number of methoxy groups -OCH3 is 2. The van der Waals surface area contributed by atoms with Gasteiger partial charge in [-0.05, 0) is 6.07 Å². The average Bonchev–Trinajstić information content (AvgIpc) is 2.81. The van der Waals surface area contributed by atoms with Crippen LogP contribution >= 0.6 is 0 Å². The molecule has 3 rings (SSSR count). The standard InChI is InChI=1S/C18H24F2N2O3/c1-24-11-14-8-18(19,20)12-22(14)15-9-21(10-15)17(23)7-13-5-3-4-6-16(13)25-2/h3-6,14-15H,7-12H2,1-2H3/t14-/m0/s1. The SMILES string of the molecule is COC[C@@H]1CC(F)(F)CN1C1CN(C(=O)Cc2ccccc2OC)C1. The van der Waals surface area contributed by atoms with Gasteiger partial charge in [0.15, 0.2) is 0 Å². The van der Waals surface area contributed by atoms with Crippen LogP contribution in [0.5, 0.6) is 5.75 Å². The first kappa shape index (κ1) is 18.1. The van der Waals surface area contributed by atoms with E-state index in [0.717, 1.165) is 5.56 Å². The Bertz CT molecular complexity index is 620. The van der Waals surface area contributed by atoms with Crippen molar-refractivity contribution >= 4 is 5.91 Å². The predicted molar refractivity (Wildman–Crippen MR) is 89.0 cm³/mol. The number of ether oxygens (including phenoxy) is 2. The van der Waals surface area contributed by atoms with Crippen molar-refractivity contribution in [2.75, 3.05) is 40.5 Å². The summed E-state index contributed by atoms with van der Waals surface area (Å²) < 4.78 is 37.8. The molecule has 0 unspecified atom stereocenters. The Hall–Kier alpha value is -1.73. The number of carbonyl (C=O) groups is 1. The van der Waals surface area contributed by atoms with Gasteiger partial charge in [0.2, 0.25) is 5.91 Å². The van der Waals surface area contributed by atoms with E-state index in [0.29, 0.717) is 25.4 Å². The van der Waals surface area contributed by atoms with Crippen LogP contribution in [0.4, 0.5) is 8.78 Å². The fourth-order valence-corrected chi connectivity index (χ4v) is 3.69. The second kappa shape index (κ2) is 7.25. The van der Waals surface area contributed by atoms with Crippen LogP contribution in [-0.4, -0.2) is 74.2 Å². The highest BCUT2D eigenvalue weighted by molar-refractivity contribution is 5.80. The lowest BCUT2D eigenvalue weighted by atomic mass is 10.0. The maximum atomic E-state index is 13.7. The average molecular weight is 354 g/mol. The molecule has 5 nitrogen and oxygen atoms in total. The van der Waals surface area contributed by atoms with Crippen LogP contribution in [0.2, 0.25) is 0 Å². The zero-order valence-electron chi connectivity index (χ0n) is 14.6. The molecule has 1 amide bonds. The highest BCUT2D eigenvalue weighted by Crippen LogP contribution is 2.35. The molecular formula is C18H24F2N2O3. The summed E-state index contributed by atoms with van der Waals surface area (Å²) in [5, 5.41) is 0. The van der Waals surface area contributed by atoms with Crippen molar-refractivity contribution < 1.29 is 23.0 Å². The van der Waals surface area contributed by atoms with Crippen LogP contribution < -0.4 is 4.74 Å². The Morgan fingerprint density at radius 3 is 2.68 bits per heavy atom. The number of amides is 1. The summed E-state index contributed by atoms with van der Waals surface area (Å²) in [5.74, 6) is -1.99. The lowest BCUT2D eigenvalue weighted by Gasteiger charge is -2.46. The molecule has 138 valence electrons. The molecule has 0 bridgehead atoms. The molecule has 2 saturated heterocycles. The number of nitrogens with zero attached hydrogens (tertiary/aromatic N) is 2. The van der Waals surface area contributed by atoms with E-state index in [-0.39, 0.29) is 37.4 Å². The van der Waals surface area contributed by atoms with Crippen LogP contribution in [0, 0.1) is 0 Å². The number of likely N-dealkylation sites (tertiary alicyclic amines) is 2. The highest BCUT2D eigenvalue weighted by Gasteiger charge is 2.50. The molecule has 1 atom stereocenters. The van der Waals surface area contributed by atoms with Gasteiger partial charge in [0.1, 0.15) is 5.75 Å². The van der Waals surface area contributed by atoms with Crippen LogP contribution in [0.25, 0.3) is 0 Å². The minimum atomic E-state index is -2.68. The molecule has 2 aliphatic rings. The molecule has 0 aromatic heterocycles. The molecule has 2 aliphatic heterocycles. The molecule has 2 fully saturated rings. The first-order valence-electron chi connectivity index (χ1n) is 8.45. The molecule has 0 N–H and O–H groups in total. The fraction of sp³-hybridized carbons (Fsp3) is 0.611. The molecule has 0 spiro atoms. The van der Waals surface area contributed by atoms with Crippen molar-refractivity contribution in [2.24, 2.45) is 0 Å². The Morgan fingerprint density at radius 1 is 1.28 bits per heavy atom. The van der Waals surface area contributed by atoms with Crippen molar-refractivity contribution in [3.8, 4) is 5.75 Å². The summed E-state index contributed by atoms with van der Waals surface area (Å²) in [6, 6.07) is 7.11. The van der Waals surface area contributed by atoms with Gasteiger partial charge in [-0.15, -0.1) is 0 Å². The molecule has 1 aromatic carbocycles. The van der Waals surface area contributed by atoms with Crippen molar-refractivity contribution in [3.63, 3.8) is 0 Å². The minimum absolute atomic E-state index is 0.00463. The Balaban J connectivity index is 1.55. The highest BCUT2D eigenvalue weighted by atomic mass is 19.3. The third-order valence-corrected chi connectivity index (χ3v) is 4.99. The molecule has 7 heteroatoms. The first-order valence-corrected chi connectivity index (χ1v) is 8.45. The zero-order chi connectivity index (χ0) is 18.0. The van der Waals surface area contributed by atoms with E-state index in [1.165, 1.54) is 7.11 Å². The second-order valence-electron chi connectivity index (χ2n) is 6.78. The number of hydrogen-bond acceptors (Lipinski definition) is 4. The van der Waals surface area contributed by atoms with Gasteiger partial charge in [-0.3, -0.25) is 9.69 Å². The van der Waals surface area contributed by atoms with Crippen LogP contribution in [0.1, 0.15) is 12.0 Å². The van der Waals surface area contributed by atoms with Crippen molar-refractivity contribution in [2.45, 2.75) is 30.8 Å². The van der Waals surface area contributed by atoms with Gasteiger partial charge in [0, 0.05) is 44.3 Å². The van der Waals surface area contributed by atoms with Crippen LogP contribution in [0.15, 0.2) is 24.3 Å². The number of carbonyl (C=O) groups excluding carboxylic acids is 1. The van der Waals surface area contributed by atoms with E-state index in [2.05, 4.69) is 0 Å². The van der Waals surface area contributed by atoms with Crippen molar-refractivity contribution in [3.05, 3.63) is 29.8 Å². The summed E-state index contributed by atoms with van der Waals surface area (Å²) in [4.78, 5) is 16.0. The molecule has 1 aromatic rings. The smallest absolute Gasteiger partial charge is 0.262 e. The maximum absolute atomic E-state index is 13.7. The Labute approximate surface area is 146 Å². The van der Waals surface area contributed by atoms with Gasteiger partial charge in [0.05, 0.1) is 26.7 Å². The van der Waals surface area contributed by atoms with Gasteiger partial charge in [-0.25, -0.2) is 8.78 Å². The Kier molecular flexibility index (Phi) is 5.24. The number of para-hydroxylation sites is 1. The molecule has 25 heavy (non-hydrogen) atoms. The summed E-state index contributed by atoms with van der Waals surface area (Å²) in [5.41, 5.74) is 0.836. The first-order chi connectivity index (χ1) is 11.9. The predicted octanol–water partition coefficient (Wildman–Crippen LogP) is 1.80. The van der Waals surface area contributed by atoms with Gasteiger partial charge < -0.3 is 14.4 Å². The largest absolute Gasteiger partial charge is 0.496 e. The fourth-order valence-electron chi connectivity index (χ4n) is 3.69. The van der Waals surface area contributed by atoms with Crippen LogP contribution in [0.3, 0.4) is 0 Å². The maximum Gasteiger partial charge on any atom is 0.262 e. The van der Waals surface area contributed by atoms with Crippen LogP contribution in [-0.2, 0) is 16.0 Å². The van der Waals surface area contributed by atoms with E-state index < -0.39 is 5.92 Å². The summed E-state index contributed by atoms with van der Waals surface area (Å²) in [6.07, 6.45) is 0.0842. The normalized spacial score (nSPS) is 23.5. The van der Waals surface area contributed by atoms with Crippen molar-refractivity contribution in [1.29, 1.82) is 0 Å². The number of hydrogen-bond donors (Lipinski definition) is 0. The third kappa shape index (κ3) is 3.93. The monoisotopic (exact) mass is 354 g/mol. The zero-order valence-corrected chi connectivity index (χ0v) is 14.6. The van der Waals surface area contributed by atoms with E-state index >= 15 is 0 Å². The topological polar surface area (TPSA) is 42.0 Å². The van der Waals surface area contributed by atoms with E-state index in [9.17, 15) is 13.6 Å².